The Morgan fingerprint density at radius 2 is 2.11 bits per heavy atom. The highest BCUT2D eigenvalue weighted by molar-refractivity contribution is 5.92. The Morgan fingerprint density at radius 3 is 2.89 bits per heavy atom. The monoisotopic (exact) mass is 363 g/mol. The van der Waals surface area contributed by atoms with Gasteiger partial charge in [-0.1, -0.05) is 0 Å². The van der Waals surface area contributed by atoms with Crippen LogP contribution in [-0.2, 0) is 6.42 Å². The van der Waals surface area contributed by atoms with Crippen molar-refractivity contribution >= 4 is 5.91 Å². The Balaban J connectivity index is 1.45. The minimum absolute atomic E-state index is 0.0980. The average Bonchev–Trinajstić information content (AvgIpc) is 3.26. The second kappa shape index (κ2) is 6.87. The van der Waals surface area contributed by atoms with E-state index in [1.165, 1.54) is 6.26 Å². The second-order valence-corrected chi connectivity index (χ2v) is 6.85. The minimum atomic E-state index is -0.219. The molecule has 27 heavy (non-hydrogen) atoms. The van der Waals surface area contributed by atoms with E-state index in [4.69, 9.17) is 9.15 Å². The Kier molecular flexibility index (Phi) is 4.39. The summed E-state index contributed by atoms with van der Waals surface area (Å²) >= 11 is 0. The van der Waals surface area contributed by atoms with E-state index in [-0.39, 0.29) is 12.0 Å². The zero-order valence-electron chi connectivity index (χ0n) is 15.6. The van der Waals surface area contributed by atoms with E-state index in [1.54, 1.807) is 12.3 Å². The number of carbonyl (C=O) groups excluding carboxylic acids is 1. The van der Waals surface area contributed by atoms with Gasteiger partial charge in [-0.15, -0.1) is 0 Å². The molecule has 3 heterocycles. The van der Waals surface area contributed by atoms with Crippen LogP contribution < -0.4 is 10.1 Å². The van der Waals surface area contributed by atoms with Crippen LogP contribution in [0.2, 0.25) is 0 Å². The molecule has 1 aromatic carbocycles. The van der Waals surface area contributed by atoms with Crippen molar-refractivity contribution < 1.29 is 13.9 Å². The molecule has 0 spiro atoms. The molecular weight excluding hydrogens is 342 g/mol. The number of aryl methyl sites for hydroxylation is 3. The summed E-state index contributed by atoms with van der Waals surface area (Å²) in [7, 11) is 0. The molecule has 138 valence electrons. The molecule has 1 N–H and O–H groups in total. The number of benzene rings is 1. The van der Waals surface area contributed by atoms with E-state index >= 15 is 0 Å². The first-order valence-electron chi connectivity index (χ1n) is 8.94. The van der Waals surface area contributed by atoms with Gasteiger partial charge in [0, 0.05) is 23.7 Å². The van der Waals surface area contributed by atoms with Crippen molar-refractivity contribution in [3.8, 4) is 17.0 Å². The predicted octanol–water partition coefficient (Wildman–Crippen LogP) is 3.40. The summed E-state index contributed by atoms with van der Waals surface area (Å²) in [5.74, 6) is 0.982. The van der Waals surface area contributed by atoms with Crippen molar-refractivity contribution in [2.75, 3.05) is 6.54 Å². The number of hydrogen-bond acceptors (Lipinski definition) is 5. The van der Waals surface area contributed by atoms with E-state index in [1.807, 2.05) is 32.9 Å². The first kappa shape index (κ1) is 17.3. The van der Waals surface area contributed by atoms with Crippen molar-refractivity contribution in [1.29, 1.82) is 0 Å². The van der Waals surface area contributed by atoms with E-state index in [2.05, 4.69) is 21.4 Å². The van der Waals surface area contributed by atoms with E-state index in [9.17, 15) is 4.79 Å². The Morgan fingerprint density at radius 1 is 1.26 bits per heavy atom. The summed E-state index contributed by atoms with van der Waals surface area (Å²) in [4.78, 5) is 21.2. The smallest absolute Gasteiger partial charge is 0.287 e. The lowest BCUT2D eigenvalue weighted by Crippen LogP contribution is -2.34. The predicted molar refractivity (Wildman–Crippen MR) is 101 cm³/mol. The van der Waals surface area contributed by atoms with Gasteiger partial charge in [0.25, 0.3) is 5.91 Å². The molecule has 0 saturated heterocycles. The molecule has 0 unspecified atom stereocenters. The van der Waals surface area contributed by atoms with Crippen molar-refractivity contribution in [2.24, 2.45) is 0 Å². The number of nitrogens with one attached hydrogen (secondary N) is 1. The fourth-order valence-electron chi connectivity index (χ4n) is 3.28. The fourth-order valence-corrected chi connectivity index (χ4v) is 3.28. The van der Waals surface area contributed by atoms with Crippen molar-refractivity contribution in [2.45, 2.75) is 33.3 Å². The van der Waals surface area contributed by atoms with Crippen LogP contribution in [0.15, 0.2) is 41.1 Å². The summed E-state index contributed by atoms with van der Waals surface area (Å²) in [5.41, 5.74) is 5.65. The summed E-state index contributed by atoms with van der Waals surface area (Å²) in [6.45, 7) is 6.16. The summed E-state index contributed by atoms with van der Waals surface area (Å²) in [6.07, 6.45) is 3.93. The number of aromatic nitrogens is 2. The second-order valence-electron chi connectivity index (χ2n) is 6.85. The summed E-state index contributed by atoms with van der Waals surface area (Å²) in [6, 6.07) is 7.84. The standard InChI is InChI=1S/C21H21N3O3/c1-12-6-7-26-20(12)21(25)23-11-17-9-16-8-15(4-5-18(16)27-17)19-14(3)22-10-13(2)24-19/h4-8,10,17H,9,11H2,1-3H3,(H,23,25)/t17-/m0/s1. The topological polar surface area (TPSA) is 77.2 Å². The van der Waals surface area contributed by atoms with Crippen LogP contribution in [0.3, 0.4) is 0 Å². The molecule has 0 fully saturated rings. The van der Waals surface area contributed by atoms with Crippen LogP contribution in [0, 0.1) is 20.8 Å². The normalized spacial score (nSPS) is 15.3. The number of fused-ring (bicyclic) bond motifs is 1. The number of hydrogen-bond donors (Lipinski definition) is 1. The molecule has 0 radical (unpaired) electrons. The number of carbonyl (C=O) groups is 1. The molecule has 1 aliphatic heterocycles. The van der Waals surface area contributed by atoms with Crippen molar-refractivity contribution in [3.63, 3.8) is 0 Å². The van der Waals surface area contributed by atoms with Crippen molar-refractivity contribution in [1.82, 2.24) is 15.3 Å². The van der Waals surface area contributed by atoms with Gasteiger partial charge in [-0.2, -0.15) is 0 Å². The molecule has 4 rings (SSSR count). The molecule has 1 amide bonds. The lowest BCUT2D eigenvalue weighted by Gasteiger charge is -2.11. The molecule has 1 aliphatic rings. The maximum absolute atomic E-state index is 12.2. The van der Waals surface area contributed by atoms with Gasteiger partial charge >= 0.3 is 0 Å². The molecule has 0 aliphatic carbocycles. The quantitative estimate of drug-likeness (QED) is 0.769. The van der Waals surface area contributed by atoms with E-state index in [0.717, 1.165) is 45.9 Å². The Bertz CT molecular complexity index is 1010. The summed E-state index contributed by atoms with van der Waals surface area (Å²) < 4.78 is 11.2. The maximum atomic E-state index is 12.2. The van der Waals surface area contributed by atoms with Gasteiger partial charge in [-0.3, -0.25) is 9.78 Å². The number of nitrogens with zero attached hydrogens (tertiary/aromatic N) is 2. The van der Waals surface area contributed by atoms with Gasteiger partial charge < -0.3 is 14.5 Å². The average molecular weight is 363 g/mol. The Labute approximate surface area is 157 Å². The number of ether oxygens (including phenoxy) is 1. The third-order valence-corrected chi connectivity index (χ3v) is 4.71. The van der Waals surface area contributed by atoms with Gasteiger partial charge in [0.1, 0.15) is 11.9 Å². The number of rotatable bonds is 4. The molecule has 6 nitrogen and oxygen atoms in total. The van der Waals surface area contributed by atoms with Crippen molar-refractivity contribution in [3.05, 3.63) is 65.0 Å². The third-order valence-electron chi connectivity index (χ3n) is 4.71. The van der Waals surface area contributed by atoms with Crippen LogP contribution >= 0.6 is 0 Å². The van der Waals surface area contributed by atoms with Crippen LogP contribution in [0.5, 0.6) is 5.75 Å². The molecule has 1 atom stereocenters. The highest BCUT2D eigenvalue weighted by Crippen LogP contribution is 2.33. The third kappa shape index (κ3) is 3.43. The molecular formula is C21H21N3O3. The zero-order valence-corrected chi connectivity index (χ0v) is 15.6. The van der Waals surface area contributed by atoms with Gasteiger partial charge in [0.05, 0.1) is 29.9 Å². The van der Waals surface area contributed by atoms with Gasteiger partial charge in [0.15, 0.2) is 5.76 Å². The van der Waals surface area contributed by atoms with Crippen LogP contribution in [-0.4, -0.2) is 28.5 Å². The molecule has 0 bridgehead atoms. The first-order valence-corrected chi connectivity index (χ1v) is 8.94. The highest BCUT2D eigenvalue weighted by atomic mass is 16.5. The highest BCUT2D eigenvalue weighted by Gasteiger charge is 2.25. The molecule has 2 aromatic heterocycles. The van der Waals surface area contributed by atoms with E-state index < -0.39 is 0 Å². The molecule has 6 heteroatoms. The largest absolute Gasteiger partial charge is 0.488 e. The van der Waals surface area contributed by atoms with Crippen LogP contribution in [0.1, 0.15) is 33.1 Å². The van der Waals surface area contributed by atoms with Crippen LogP contribution in [0.25, 0.3) is 11.3 Å². The van der Waals surface area contributed by atoms with E-state index in [0.29, 0.717) is 12.3 Å². The Hall–Kier alpha value is -3.15. The zero-order chi connectivity index (χ0) is 19.0. The molecule has 0 saturated carbocycles. The SMILES string of the molecule is Cc1cnc(C)c(-c2ccc3c(c2)C[C@@H](CNC(=O)c2occc2C)O3)n1. The maximum Gasteiger partial charge on any atom is 0.287 e. The number of amides is 1. The van der Waals surface area contributed by atoms with Gasteiger partial charge in [-0.25, -0.2) is 4.98 Å². The summed E-state index contributed by atoms with van der Waals surface area (Å²) in [5, 5.41) is 2.89. The first-order chi connectivity index (χ1) is 13.0. The van der Waals surface area contributed by atoms with Crippen LogP contribution in [0.4, 0.5) is 0 Å². The van der Waals surface area contributed by atoms with Gasteiger partial charge in [-0.05, 0) is 50.6 Å². The number of furan rings is 1. The minimum Gasteiger partial charge on any atom is -0.488 e. The fraction of sp³-hybridized carbons (Fsp3) is 0.286. The van der Waals surface area contributed by atoms with Gasteiger partial charge in [0.2, 0.25) is 0 Å². The lowest BCUT2D eigenvalue weighted by atomic mass is 10.0. The molecule has 3 aromatic rings. The lowest BCUT2D eigenvalue weighted by molar-refractivity contribution is 0.0905.